The molecule has 0 saturated heterocycles. The molecule has 1 atom stereocenters. The minimum atomic E-state index is -0.613. The van der Waals surface area contributed by atoms with Gasteiger partial charge >= 0.3 is 0 Å². The monoisotopic (exact) mass is 306 g/mol. The third-order valence-corrected chi connectivity index (χ3v) is 2.86. The second-order valence-electron chi connectivity index (χ2n) is 4.96. The standard InChI is InChI=1S/C16H22N2O4/c1-12(19)10-17-15(20)11-18(2)16(21)8-7-13-5-4-6-14(9-13)22-3/h4-9,12,19H,10-11H2,1-3H3,(H,17,20)/b8-7+. The molecule has 1 aromatic carbocycles. The Kier molecular flexibility index (Phi) is 7.12. The van der Waals surface area contributed by atoms with E-state index in [1.165, 1.54) is 11.0 Å². The number of aliphatic hydroxyl groups excluding tert-OH is 1. The Balaban J connectivity index is 2.52. The highest BCUT2D eigenvalue weighted by Crippen LogP contribution is 2.13. The molecule has 6 heteroatoms. The van der Waals surface area contributed by atoms with Crippen LogP contribution in [0.2, 0.25) is 0 Å². The SMILES string of the molecule is COc1cccc(/C=C/C(=O)N(C)CC(=O)NCC(C)O)c1. The predicted molar refractivity (Wildman–Crippen MR) is 84.4 cm³/mol. The van der Waals surface area contributed by atoms with E-state index >= 15 is 0 Å². The van der Waals surface area contributed by atoms with E-state index in [4.69, 9.17) is 9.84 Å². The minimum Gasteiger partial charge on any atom is -0.497 e. The lowest BCUT2D eigenvalue weighted by Gasteiger charge is -2.15. The van der Waals surface area contributed by atoms with E-state index in [1.807, 2.05) is 18.2 Å². The van der Waals surface area contributed by atoms with E-state index in [9.17, 15) is 9.59 Å². The minimum absolute atomic E-state index is 0.0615. The van der Waals surface area contributed by atoms with Gasteiger partial charge in [-0.05, 0) is 30.7 Å². The Morgan fingerprint density at radius 3 is 2.82 bits per heavy atom. The molecule has 0 aromatic heterocycles. The van der Waals surface area contributed by atoms with Crippen molar-refractivity contribution in [1.29, 1.82) is 0 Å². The molecule has 2 amide bonds. The quantitative estimate of drug-likeness (QED) is 0.726. The van der Waals surface area contributed by atoms with Gasteiger partial charge in [-0.3, -0.25) is 9.59 Å². The highest BCUT2D eigenvalue weighted by atomic mass is 16.5. The Hall–Kier alpha value is -2.34. The van der Waals surface area contributed by atoms with Crippen molar-refractivity contribution in [2.24, 2.45) is 0 Å². The molecule has 6 nitrogen and oxygen atoms in total. The average molecular weight is 306 g/mol. The molecular formula is C16H22N2O4. The molecule has 0 heterocycles. The van der Waals surface area contributed by atoms with Crippen LogP contribution in [-0.4, -0.2) is 55.2 Å². The molecule has 0 radical (unpaired) electrons. The number of hydrogen-bond donors (Lipinski definition) is 2. The van der Waals surface area contributed by atoms with Crippen LogP contribution in [0.1, 0.15) is 12.5 Å². The summed E-state index contributed by atoms with van der Waals surface area (Å²) in [5.74, 6) is 0.113. The van der Waals surface area contributed by atoms with Gasteiger partial charge in [0.1, 0.15) is 5.75 Å². The molecule has 0 aliphatic carbocycles. The van der Waals surface area contributed by atoms with E-state index in [1.54, 1.807) is 33.2 Å². The van der Waals surface area contributed by atoms with Gasteiger partial charge in [-0.2, -0.15) is 0 Å². The molecule has 22 heavy (non-hydrogen) atoms. The molecule has 0 saturated carbocycles. The van der Waals surface area contributed by atoms with E-state index in [0.717, 1.165) is 5.56 Å². The number of aliphatic hydroxyl groups is 1. The van der Waals surface area contributed by atoms with E-state index in [2.05, 4.69) is 5.32 Å². The maximum atomic E-state index is 11.9. The molecule has 0 aliphatic rings. The Bertz CT molecular complexity index is 541. The maximum Gasteiger partial charge on any atom is 0.246 e. The predicted octanol–water partition coefficient (Wildman–Crippen LogP) is 0.664. The molecule has 0 fully saturated rings. The van der Waals surface area contributed by atoms with E-state index in [-0.39, 0.29) is 24.9 Å². The number of likely N-dealkylation sites (N-methyl/N-ethyl adjacent to an activating group) is 1. The van der Waals surface area contributed by atoms with Crippen molar-refractivity contribution in [3.8, 4) is 5.75 Å². The normalized spacial score (nSPS) is 12.0. The maximum absolute atomic E-state index is 11.9. The first kappa shape index (κ1) is 17.7. The van der Waals surface area contributed by atoms with E-state index < -0.39 is 6.10 Å². The van der Waals surface area contributed by atoms with Crippen LogP contribution in [0.3, 0.4) is 0 Å². The third kappa shape index (κ3) is 6.41. The lowest BCUT2D eigenvalue weighted by Crippen LogP contribution is -2.40. The van der Waals surface area contributed by atoms with Crippen molar-refractivity contribution in [3.63, 3.8) is 0 Å². The van der Waals surface area contributed by atoms with Gasteiger partial charge in [-0.15, -0.1) is 0 Å². The van der Waals surface area contributed by atoms with Crippen LogP contribution in [0.4, 0.5) is 0 Å². The van der Waals surface area contributed by atoms with Gasteiger partial charge in [-0.1, -0.05) is 12.1 Å². The molecule has 0 aliphatic heterocycles. The number of amides is 2. The summed E-state index contributed by atoms with van der Waals surface area (Å²) in [6.45, 7) is 1.68. The fourth-order valence-corrected chi connectivity index (χ4v) is 1.65. The summed E-state index contributed by atoms with van der Waals surface area (Å²) in [7, 11) is 3.12. The molecule has 0 spiro atoms. The largest absolute Gasteiger partial charge is 0.497 e. The molecule has 1 rings (SSSR count). The highest BCUT2D eigenvalue weighted by Gasteiger charge is 2.10. The van der Waals surface area contributed by atoms with Gasteiger partial charge in [0.15, 0.2) is 0 Å². The lowest BCUT2D eigenvalue weighted by atomic mass is 10.2. The number of benzene rings is 1. The van der Waals surface area contributed by atoms with Crippen LogP contribution in [0.5, 0.6) is 5.75 Å². The topological polar surface area (TPSA) is 78.9 Å². The molecule has 0 bridgehead atoms. The number of carbonyl (C=O) groups is 2. The zero-order chi connectivity index (χ0) is 16.5. The summed E-state index contributed by atoms with van der Waals surface area (Å²) in [6.07, 6.45) is 2.45. The van der Waals surface area contributed by atoms with Gasteiger partial charge in [0, 0.05) is 19.7 Å². The van der Waals surface area contributed by atoms with Crippen LogP contribution in [0, 0.1) is 0 Å². The third-order valence-electron chi connectivity index (χ3n) is 2.86. The Morgan fingerprint density at radius 2 is 2.18 bits per heavy atom. The first-order valence-electron chi connectivity index (χ1n) is 6.94. The van der Waals surface area contributed by atoms with Crippen LogP contribution in [-0.2, 0) is 9.59 Å². The van der Waals surface area contributed by atoms with Gasteiger partial charge in [-0.25, -0.2) is 0 Å². The first-order valence-corrected chi connectivity index (χ1v) is 6.94. The summed E-state index contributed by atoms with van der Waals surface area (Å²) in [5.41, 5.74) is 0.833. The Labute approximate surface area is 130 Å². The second-order valence-corrected chi connectivity index (χ2v) is 4.96. The zero-order valence-corrected chi connectivity index (χ0v) is 13.1. The fourth-order valence-electron chi connectivity index (χ4n) is 1.65. The first-order chi connectivity index (χ1) is 10.4. The van der Waals surface area contributed by atoms with Crippen LogP contribution in [0.25, 0.3) is 6.08 Å². The summed E-state index contributed by atoms with van der Waals surface area (Å²) >= 11 is 0. The highest BCUT2D eigenvalue weighted by molar-refractivity contribution is 5.94. The number of methoxy groups -OCH3 is 1. The van der Waals surface area contributed by atoms with Gasteiger partial charge in [0.05, 0.1) is 19.8 Å². The molecule has 1 aromatic rings. The Morgan fingerprint density at radius 1 is 1.45 bits per heavy atom. The number of ether oxygens (including phenoxy) is 1. The van der Waals surface area contributed by atoms with Crippen LogP contribution >= 0.6 is 0 Å². The van der Waals surface area contributed by atoms with Gasteiger partial charge < -0.3 is 20.1 Å². The van der Waals surface area contributed by atoms with Crippen LogP contribution in [0.15, 0.2) is 30.3 Å². The van der Waals surface area contributed by atoms with Crippen molar-refractivity contribution in [2.45, 2.75) is 13.0 Å². The number of rotatable bonds is 7. The molecule has 120 valence electrons. The summed E-state index contributed by atoms with van der Waals surface area (Å²) in [6, 6.07) is 7.30. The molecule has 2 N–H and O–H groups in total. The number of nitrogens with one attached hydrogen (secondary N) is 1. The van der Waals surface area contributed by atoms with Crippen molar-refractivity contribution < 1.29 is 19.4 Å². The molecular weight excluding hydrogens is 284 g/mol. The van der Waals surface area contributed by atoms with Crippen molar-refractivity contribution in [1.82, 2.24) is 10.2 Å². The smallest absolute Gasteiger partial charge is 0.246 e. The van der Waals surface area contributed by atoms with Gasteiger partial charge in [0.25, 0.3) is 0 Å². The fraction of sp³-hybridized carbons (Fsp3) is 0.375. The lowest BCUT2D eigenvalue weighted by molar-refractivity contribution is -0.131. The van der Waals surface area contributed by atoms with Gasteiger partial charge in [0.2, 0.25) is 11.8 Å². The summed E-state index contributed by atoms with van der Waals surface area (Å²) in [4.78, 5) is 24.8. The zero-order valence-electron chi connectivity index (χ0n) is 13.1. The number of carbonyl (C=O) groups excluding carboxylic acids is 2. The van der Waals surface area contributed by atoms with Crippen molar-refractivity contribution in [2.75, 3.05) is 27.2 Å². The van der Waals surface area contributed by atoms with Crippen molar-refractivity contribution in [3.05, 3.63) is 35.9 Å². The molecule has 1 unspecified atom stereocenters. The number of hydrogen-bond acceptors (Lipinski definition) is 4. The second kappa shape index (κ2) is 8.84. The van der Waals surface area contributed by atoms with Crippen LogP contribution < -0.4 is 10.1 Å². The average Bonchev–Trinajstić information content (AvgIpc) is 2.50. The van der Waals surface area contributed by atoms with E-state index in [0.29, 0.717) is 5.75 Å². The number of nitrogens with zero attached hydrogens (tertiary/aromatic N) is 1. The summed E-state index contributed by atoms with van der Waals surface area (Å²) < 4.78 is 5.11. The summed E-state index contributed by atoms with van der Waals surface area (Å²) in [5, 5.41) is 11.6. The van der Waals surface area contributed by atoms with Crippen molar-refractivity contribution >= 4 is 17.9 Å².